The Hall–Kier alpha value is -2.90. The number of nitrogens with zero attached hydrogens (tertiary/aromatic N) is 3. The molecule has 0 atom stereocenters. The lowest BCUT2D eigenvalue weighted by Gasteiger charge is -2.13. The maximum Gasteiger partial charge on any atom is 0.222 e. The van der Waals surface area contributed by atoms with Crippen LogP contribution in [0.5, 0.6) is 5.75 Å². The first kappa shape index (κ1) is 17.5. The quantitative estimate of drug-likeness (QED) is 0.524. The van der Waals surface area contributed by atoms with E-state index in [0.29, 0.717) is 28.7 Å². The molecule has 0 unspecified atom stereocenters. The summed E-state index contributed by atoms with van der Waals surface area (Å²) in [5, 5.41) is 10.2. The third kappa shape index (κ3) is 2.94. The molecular weight excluding hydrogens is 371 g/mol. The van der Waals surface area contributed by atoms with Crippen LogP contribution in [0, 0.1) is 5.82 Å². The van der Waals surface area contributed by atoms with E-state index in [4.69, 9.17) is 22.1 Å². The van der Waals surface area contributed by atoms with E-state index in [1.807, 2.05) is 10.6 Å². The molecule has 0 aliphatic heterocycles. The molecule has 138 valence electrons. The summed E-state index contributed by atoms with van der Waals surface area (Å²) in [6, 6.07) is 9.89. The Labute approximate surface area is 159 Å². The van der Waals surface area contributed by atoms with Crippen molar-refractivity contribution < 1.29 is 14.2 Å². The number of hydrogen-bond acceptors (Lipinski definition) is 5. The topological polar surface area (TPSA) is 86.2 Å². The van der Waals surface area contributed by atoms with E-state index in [9.17, 15) is 9.50 Å². The summed E-state index contributed by atoms with van der Waals surface area (Å²) >= 11 is 6.36. The molecule has 0 aliphatic carbocycles. The van der Waals surface area contributed by atoms with Crippen LogP contribution in [0.1, 0.15) is 11.1 Å². The van der Waals surface area contributed by atoms with Gasteiger partial charge in [-0.15, -0.1) is 0 Å². The maximum atomic E-state index is 13.9. The zero-order valence-corrected chi connectivity index (χ0v) is 15.2. The molecule has 2 aromatic carbocycles. The van der Waals surface area contributed by atoms with E-state index < -0.39 is 0 Å². The van der Waals surface area contributed by atoms with E-state index >= 15 is 0 Å². The molecule has 3 N–H and O–H groups in total. The molecule has 0 spiro atoms. The number of hydrogen-bond donors (Lipinski definition) is 2. The van der Waals surface area contributed by atoms with Crippen molar-refractivity contribution in [2.75, 3.05) is 12.8 Å². The van der Waals surface area contributed by atoms with Gasteiger partial charge in [-0.05, 0) is 35.9 Å². The average Bonchev–Trinajstić information content (AvgIpc) is 2.94. The van der Waals surface area contributed by atoms with Gasteiger partial charge in [0.05, 0.1) is 25.8 Å². The summed E-state index contributed by atoms with van der Waals surface area (Å²) in [5.74, 6) is 0.308. The first-order valence-corrected chi connectivity index (χ1v) is 8.56. The standard InChI is InChI=1S/C19H16ClFN4O2/c1-27-15-5-2-10(9-26)6-11(15)8-25-14-4-3-12(21)7-13(14)16-17(25)18(20)24-19(22)23-16/h2-7,26H,8-9H2,1H3,(H2,22,23,24). The molecule has 0 amide bonds. The summed E-state index contributed by atoms with van der Waals surface area (Å²) in [5.41, 5.74) is 9.11. The normalized spacial score (nSPS) is 11.4. The number of methoxy groups -OCH3 is 1. The van der Waals surface area contributed by atoms with Crippen molar-refractivity contribution in [3.05, 3.63) is 58.5 Å². The minimum Gasteiger partial charge on any atom is -0.496 e. The van der Waals surface area contributed by atoms with E-state index in [1.54, 1.807) is 25.3 Å². The van der Waals surface area contributed by atoms with E-state index in [2.05, 4.69) is 9.97 Å². The monoisotopic (exact) mass is 386 g/mol. The molecule has 2 heterocycles. The van der Waals surface area contributed by atoms with Crippen LogP contribution in [0.3, 0.4) is 0 Å². The van der Waals surface area contributed by atoms with Crippen LogP contribution in [0.4, 0.5) is 10.3 Å². The van der Waals surface area contributed by atoms with Gasteiger partial charge in [-0.3, -0.25) is 0 Å². The highest BCUT2D eigenvalue weighted by atomic mass is 35.5. The predicted molar refractivity (Wildman–Crippen MR) is 102 cm³/mol. The summed E-state index contributed by atoms with van der Waals surface area (Å²) in [7, 11) is 1.58. The highest BCUT2D eigenvalue weighted by Gasteiger charge is 2.18. The molecule has 0 saturated heterocycles. The van der Waals surface area contributed by atoms with Crippen LogP contribution in [0.25, 0.3) is 21.9 Å². The Morgan fingerprint density at radius 1 is 1.22 bits per heavy atom. The van der Waals surface area contributed by atoms with Gasteiger partial charge in [-0.2, -0.15) is 4.98 Å². The zero-order valence-electron chi connectivity index (χ0n) is 14.4. The SMILES string of the molecule is COc1ccc(CO)cc1Cn1c2ccc(F)cc2c2nc(N)nc(Cl)c21. The fourth-order valence-electron chi connectivity index (χ4n) is 3.31. The van der Waals surface area contributed by atoms with Crippen molar-refractivity contribution in [2.24, 2.45) is 0 Å². The number of aliphatic hydroxyl groups is 1. The Bertz CT molecular complexity index is 1180. The predicted octanol–water partition coefficient (Wildman–Crippen LogP) is 3.51. The summed E-state index contributed by atoms with van der Waals surface area (Å²) in [4.78, 5) is 8.31. The lowest BCUT2D eigenvalue weighted by molar-refractivity contribution is 0.281. The van der Waals surface area contributed by atoms with Gasteiger partial charge in [0.2, 0.25) is 5.95 Å². The second-order valence-corrected chi connectivity index (χ2v) is 6.48. The molecule has 0 fully saturated rings. The minimum absolute atomic E-state index is 0.0238. The third-order valence-electron chi connectivity index (χ3n) is 4.49. The zero-order chi connectivity index (χ0) is 19.1. The molecule has 0 bridgehead atoms. The molecule has 2 aromatic heterocycles. The van der Waals surface area contributed by atoms with Crippen LogP contribution < -0.4 is 10.5 Å². The number of benzene rings is 2. The lowest BCUT2D eigenvalue weighted by Crippen LogP contribution is -2.04. The second kappa shape index (κ2) is 6.68. The molecule has 0 aliphatic rings. The van der Waals surface area contributed by atoms with Crippen LogP contribution in [0.15, 0.2) is 36.4 Å². The maximum absolute atomic E-state index is 13.9. The van der Waals surface area contributed by atoms with Crippen molar-refractivity contribution in [1.29, 1.82) is 0 Å². The van der Waals surface area contributed by atoms with E-state index in [-0.39, 0.29) is 23.5 Å². The third-order valence-corrected chi connectivity index (χ3v) is 4.75. The number of aliphatic hydroxyl groups excluding tert-OH is 1. The summed E-state index contributed by atoms with van der Waals surface area (Å²) in [6.45, 7) is 0.283. The summed E-state index contributed by atoms with van der Waals surface area (Å²) in [6.07, 6.45) is 0. The van der Waals surface area contributed by atoms with E-state index in [0.717, 1.165) is 16.6 Å². The van der Waals surface area contributed by atoms with Crippen LogP contribution in [-0.4, -0.2) is 26.8 Å². The number of anilines is 1. The number of nitrogen functional groups attached to an aromatic ring is 1. The second-order valence-electron chi connectivity index (χ2n) is 6.12. The van der Waals surface area contributed by atoms with Gasteiger partial charge in [0.15, 0.2) is 5.15 Å². The van der Waals surface area contributed by atoms with Gasteiger partial charge in [-0.25, -0.2) is 9.37 Å². The van der Waals surface area contributed by atoms with Gasteiger partial charge in [-0.1, -0.05) is 17.7 Å². The van der Waals surface area contributed by atoms with Gasteiger partial charge < -0.3 is 20.1 Å². The largest absolute Gasteiger partial charge is 0.496 e. The molecule has 4 aromatic rings. The lowest BCUT2D eigenvalue weighted by atomic mass is 10.1. The number of nitrogens with two attached hydrogens (primary N) is 1. The highest BCUT2D eigenvalue weighted by Crippen LogP contribution is 2.34. The average molecular weight is 387 g/mol. The Morgan fingerprint density at radius 3 is 2.78 bits per heavy atom. The van der Waals surface area contributed by atoms with Crippen LogP contribution in [-0.2, 0) is 13.2 Å². The Balaban J connectivity index is 2.01. The Morgan fingerprint density at radius 2 is 2.04 bits per heavy atom. The molecular formula is C19H16ClFN4O2. The first-order chi connectivity index (χ1) is 13.0. The molecule has 0 radical (unpaired) electrons. The van der Waals surface area contributed by atoms with Gasteiger partial charge in [0.1, 0.15) is 22.6 Å². The number of aromatic nitrogens is 3. The number of ether oxygens (including phenoxy) is 1. The number of fused-ring (bicyclic) bond motifs is 3. The molecule has 6 nitrogen and oxygen atoms in total. The molecule has 0 saturated carbocycles. The van der Waals surface area contributed by atoms with E-state index in [1.165, 1.54) is 12.1 Å². The van der Waals surface area contributed by atoms with Crippen molar-refractivity contribution >= 4 is 39.5 Å². The molecule has 27 heavy (non-hydrogen) atoms. The van der Waals surface area contributed by atoms with Gasteiger partial charge in [0, 0.05) is 10.9 Å². The fraction of sp³-hybridized carbons (Fsp3) is 0.158. The molecule has 8 heteroatoms. The fourth-order valence-corrected chi connectivity index (χ4v) is 3.59. The smallest absolute Gasteiger partial charge is 0.222 e. The molecule has 4 rings (SSSR count). The Kier molecular flexibility index (Phi) is 4.33. The number of rotatable bonds is 4. The van der Waals surface area contributed by atoms with Gasteiger partial charge in [0.25, 0.3) is 0 Å². The van der Waals surface area contributed by atoms with Crippen molar-refractivity contribution in [3.63, 3.8) is 0 Å². The summed E-state index contributed by atoms with van der Waals surface area (Å²) < 4.78 is 21.2. The van der Waals surface area contributed by atoms with Crippen LogP contribution in [0.2, 0.25) is 5.15 Å². The van der Waals surface area contributed by atoms with Crippen molar-refractivity contribution in [2.45, 2.75) is 13.2 Å². The van der Waals surface area contributed by atoms with Crippen LogP contribution >= 0.6 is 11.6 Å². The first-order valence-electron chi connectivity index (χ1n) is 8.19. The van der Waals surface area contributed by atoms with Crippen molar-refractivity contribution in [1.82, 2.24) is 14.5 Å². The minimum atomic E-state index is -0.380. The number of halogens is 2. The van der Waals surface area contributed by atoms with Gasteiger partial charge >= 0.3 is 0 Å². The van der Waals surface area contributed by atoms with Crippen molar-refractivity contribution in [3.8, 4) is 5.75 Å². The highest BCUT2D eigenvalue weighted by molar-refractivity contribution is 6.35.